The van der Waals surface area contributed by atoms with Gasteiger partial charge in [0.15, 0.2) is 0 Å². The fraction of sp³-hybridized carbons (Fsp3) is 0.200. The molecule has 2 aromatic rings. The van der Waals surface area contributed by atoms with Gasteiger partial charge in [-0.1, -0.05) is 29.8 Å². The lowest BCUT2D eigenvalue weighted by Gasteiger charge is -2.19. The number of nitrogens with one attached hydrogen (secondary N) is 1. The number of carbonyl (C=O) groups is 2. The molecular weight excluding hydrogens is 294 g/mol. The number of methoxy groups -OCH3 is 1. The Kier molecular flexibility index (Phi) is 5.00. The first-order valence-electron chi connectivity index (χ1n) is 6.26. The Morgan fingerprint density at radius 3 is 2.71 bits per heavy atom. The van der Waals surface area contributed by atoms with Crippen molar-refractivity contribution < 1.29 is 18.7 Å². The Balaban J connectivity index is 2.22. The Bertz CT molecular complexity index is 624. The second kappa shape index (κ2) is 6.95. The van der Waals surface area contributed by atoms with Gasteiger partial charge in [0.05, 0.1) is 31.4 Å². The molecule has 5 nitrogen and oxygen atoms in total. The maximum atomic E-state index is 12.1. The summed E-state index contributed by atoms with van der Waals surface area (Å²) in [7, 11) is 1.30. The van der Waals surface area contributed by atoms with Gasteiger partial charge in [-0.2, -0.15) is 0 Å². The molecular formula is C15H14ClNO4. The number of carbonyl (C=O) groups excluding carboxylic acids is 2. The van der Waals surface area contributed by atoms with Gasteiger partial charge in [-0.25, -0.2) is 0 Å². The summed E-state index contributed by atoms with van der Waals surface area (Å²) >= 11 is 6.13. The molecule has 0 spiro atoms. The number of hydrogen-bond acceptors (Lipinski definition) is 4. The molecule has 0 saturated carbocycles. The Labute approximate surface area is 126 Å². The van der Waals surface area contributed by atoms with Gasteiger partial charge in [0.25, 0.3) is 5.91 Å². The summed E-state index contributed by atoms with van der Waals surface area (Å²) in [5.41, 5.74) is 1.03. The zero-order chi connectivity index (χ0) is 15.2. The largest absolute Gasteiger partial charge is 0.472 e. The fourth-order valence-electron chi connectivity index (χ4n) is 1.88. The number of halogens is 1. The molecule has 0 bridgehead atoms. The molecule has 0 aliphatic carbocycles. The fourth-order valence-corrected chi connectivity index (χ4v) is 2.15. The molecule has 0 radical (unpaired) electrons. The summed E-state index contributed by atoms with van der Waals surface area (Å²) in [4.78, 5) is 23.6. The number of rotatable bonds is 5. The highest BCUT2D eigenvalue weighted by atomic mass is 35.5. The van der Waals surface area contributed by atoms with Crippen molar-refractivity contribution in [2.24, 2.45) is 0 Å². The average Bonchev–Trinajstić information content (AvgIpc) is 3.01. The molecule has 1 heterocycles. The van der Waals surface area contributed by atoms with Gasteiger partial charge in [0.2, 0.25) is 0 Å². The van der Waals surface area contributed by atoms with Crippen molar-refractivity contribution in [3.05, 3.63) is 59.0 Å². The molecule has 6 heteroatoms. The minimum absolute atomic E-state index is 0.0101. The summed E-state index contributed by atoms with van der Waals surface area (Å²) in [6.07, 6.45) is 2.72. The number of amides is 1. The SMILES string of the molecule is COC(=O)C[C@H](NC(=O)c1ccoc1)c1ccccc1Cl. The van der Waals surface area contributed by atoms with E-state index in [0.717, 1.165) is 0 Å². The van der Waals surface area contributed by atoms with Crippen molar-refractivity contribution in [1.82, 2.24) is 5.32 Å². The highest BCUT2D eigenvalue weighted by Gasteiger charge is 2.21. The van der Waals surface area contributed by atoms with Gasteiger partial charge in [-0.05, 0) is 17.7 Å². The molecule has 0 saturated heterocycles. The van der Waals surface area contributed by atoms with E-state index in [9.17, 15) is 9.59 Å². The number of esters is 1. The third-order valence-electron chi connectivity index (χ3n) is 2.97. The van der Waals surface area contributed by atoms with Crippen molar-refractivity contribution in [3.63, 3.8) is 0 Å². The average molecular weight is 308 g/mol. The lowest BCUT2D eigenvalue weighted by Crippen LogP contribution is -2.30. The molecule has 1 atom stereocenters. The summed E-state index contributed by atoms with van der Waals surface area (Å²) in [5.74, 6) is -0.787. The number of hydrogen-bond donors (Lipinski definition) is 1. The zero-order valence-electron chi connectivity index (χ0n) is 11.3. The molecule has 2 rings (SSSR count). The van der Waals surface area contributed by atoms with Gasteiger partial charge in [-0.15, -0.1) is 0 Å². The van der Waals surface area contributed by atoms with Crippen molar-refractivity contribution in [1.29, 1.82) is 0 Å². The summed E-state index contributed by atoms with van der Waals surface area (Å²) < 4.78 is 9.53. The predicted octanol–water partition coefficient (Wildman–Crippen LogP) is 2.97. The van der Waals surface area contributed by atoms with Gasteiger partial charge in [0.1, 0.15) is 6.26 Å². The standard InChI is InChI=1S/C15H14ClNO4/c1-20-14(18)8-13(11-4-2-3-5-12(11)16)17-15(19)10-6-7-21-9-10/h2-7,9,13H,8H2,1H3,(H,17,19)/t13-/m0/s1. The van der Waals surface area contributed by atoms with Gasteiger partial charge in [-0.3, -0.25) is 9.59 Å². The number of furan rings is 1. The van der Waals surface area contributed by atoms with E-state index in [1.807, 2.05) is 0 Å². The van der Waals surface area contributed by atoms with Crippen molar-refractivity contribution in [2.75, 3.05) is 7.11 Å². The molecule has 1 amide bonds. The van der Waals surface area contributed by atoms with Crippen LogP contribution in [0.15, 0.2) is 47.3 Å². The lowest BCUT2D eigenvalue weighted by atomic mass is 10.0. The van der Waals surface area contributed by atoms with Crippen molar-refractivity contribution in [2.45, 2.75) is 12.5 Å². The molecule has 0 unspecified atom stereocenters. The summed E-state index contributed by atoms with van der Waals surface area (Å²) in [6, 6.07) is 7.98. The van der Waals surface area contributed by atoms with E-state index in [2.05, 4.69) is 10.1 Å². The Hall–Kier alpha value is -2.27. The van der Waals surface area contributed by atoms with E-state index < -0.39 is 12.0 Å². The van der Waals surface area contributed by atoms with E-state index >= 15 is 0 Å². The molecule has 0 aliphatic rings. The highest BCUT2D eigenvalue weighted by Crippen LogP contribution is 2.25. The molecule has 1 aromatic carbocycles. The van der Waals surface area contributed by atoms with Crippen LogP contribution < -0.4 is 5.32 Å². The molecule has 0 aliphatic heterocycles. The van der Waals surface area contributed by atoms with Crippen LogP contribution in [0.25, 0.3) is 0 Å². The van der Waals surface area contributed by atoms with Gasteiger partial charge < -0.3 is 14.5 Å². The first-order chi connectivity index (χ1) is 10.1. The molecule has 1 aromatic heterocycles. The second-order valence-electron chi connectivity index (χ2n) is 4.34. The predicted molar refractivity (Wildman–Crippen MR) is 77.0 cm³/mol. The smallest absolute Gasteiger partial charge is 0.307 e. The number of benzene rings is 1. The first kappa shape index (κ1) is 15.1. The van der Waals surface area contributed by atoms with Gasteiger partial charge in [0, 0.05) is 5.02 Å². The van der Waals surface area contributed by atoms with Crippen LogP contribution in [-0.4, -0.2) is 19.0 Å². The van der Waals surface area contributed by atoms with Gasteiger partial charge >= 0.3 is 5.97 Å². The highest BCUT2D eigenvalue weighted by molar-refractivity contribution is 6.31. The van der Waals surface area contributed by atoms with Crippen LogP contribution in [0.2, 0.25) is 5.02 Å². The van der Waals surface area contributed by atoms with E-state index in [1.165, 1.54) is 25.7 Å². The molecule has 21 heavy (non-hydrogen) atoms. The van der Waals surface area contributed by atoms with Crippen LogP contribution in [0.5, 0.6) is 0 Å². The normalized spacial score (nSPS) is 11.7. The van der Waals surface area contributed by atoms with E-state index in [1.54, 1.807) is 24.3 Å². The van der Waals surface area contributed by atoms with E-state index in [-0.39, 0.29) is 12.3 Å². The quantitative estimate of drug-likeness (QED) is 0.862. The van der Waals surface area contributed by atoms with Crippen LogP contribution >= 0.6 is 11.6 Å². The van der Waals surface area contributed by atoms with Crippen LogP contribution in [0.4, 0.5) is 0 Å². The minimum Gasteiger partial charge on any atom is -0.472 e. The van der Waals surface area contributed by atoms with E-state index in [0.29, 0.717) is 16.1 Å². The zero-order valence-corrected chi connectivity index (χ0v) is 12.1. The van der Waals surface area contributed by atoms with Crippen LogP contribution in [-0.2, 0) is 9.53 Å². The topological polar surface area (TPSA) is 68.5 Å². The summed E-state index contributed by atoms with van der Waals surface area (Å²) in [5, 5.41) is 3.23. The minimum atomic E-state index is -0.575. The van der Waals surface area contributed by atoms with Crippen LogP contribution in [0.3, 0.4) is 0 Å². The number of ether oxygens (including phenoxy) is 1. The third kappa shape index (κ3) is 3.86. The Morgan fingerprint density at radius 2 is 2.10 bits per heavy atom. The monoisotopic (exact) mass is 307 g/mol. The maximum Gasteiger partial charge on any atom is 0.307 e. The molecule has 0 fully saturated rings. The van der Waals surface area contributed by atoms with Crippen LogP contribution in [0, 0.1) is 0 Å². The van der Waals surface area contributed by atoms with E-state index in [4.69, 9.17) is 16.0 Å². The second-order valence-corrected chi connectivity index (χ2v) is 4.75. The summed E-state index contributed by atoms with van der Waals surface area (Å²) in [6.45, 7) is 0. The van der Waals surface area contributed by atoms with Crippen molar-refractivity contribution >= 4 is 23.5 Å². The third-order valence-corrected chi connectivity index (χ3v) is 3.31. The van der Waals surface area contributed by atoms with Crippen molar-refractivity contribution in [3.8, 4) is 0 Å². The molecule has 1 N–H and O–H groups in total. The molecule has 110 valence electrons. The Morgan fingerprint density at radius 1 is 1.33 bits per heavy atom. The first-order valence-corrected chi connectivity index (χ1v) is 6.64. The lowest BCUT2D eigenvalue weighted by molar-refractivity contribution is -0.141. The van der Waals surface area contributed by atoms with Crippen LogP contribution in [0.1, 0.15) is 28.4 Å². The maximum absolute atomic E-state index is 12.1.